The first-order valence-corrected chi connectivity index (χ1v) is 11.8. The molecule has 0 aromatic heterocycles. The van der Waals surface area contributed by atoms with Gasteiger partial charge in [-0.1, -0.05) is 32.0 Å². The van der Waals surface area contributed by atoms with Gasteiger partial charge in [0.05, 0.1) is 5.75 Å². The molecular weight excluding hydrogens is 360 g/mol. The van der Waals surface area contributed by atoms with Crippen LogP contribution in [-0.2, 0) is 9.84 Å². The van der Waals surface area contributed by atoms with Crippen molar-refractivity contribution >= 4 is 21.5 Å². The van der Waals surface area contributed by atoms with E-state index in [1.54, 1.807) is 0 Å². The lowest BCUT2D eigenvalue weighted by atomic mass is 9.90. The molecule has 0 saturated carbocycles. The molecule has 1 N–H and O–H groups in total. The van der Waals surface area contributed by atoms with E-state index in [1.807, 2.05) is 6.07 Å². The first-order chi connectivity index (χ1) is 12.7. The topological polar surface area (TPSA) is 65.0 Å². The normalized spacial score (nSPS) is 16.5. The van der Waals surface area contributed by atoms with Gasteiger partial charge in [-0.3, -0.25) is 4.99 Å². The second-order valence-corrected chi connectivity index (χ2v) is 10.3. The molecule has 0 unspecified atom stereocenters. The van der Waals surface area contributed by atoms with Crippen LogP contribution in [0.25, 0.3) is 0 Å². The smallest absolute Gasteiger partial charge is 0.194 e. The summed E-state index contributed by atoms with van der Waals surface area (Å²) in [5, 5.41) is 3.39. The Kier molecular flexibility index (Phi) is 7.53. The number of hydrogen-bond acceptors (Lipinski definition) is 4. The lowest BCUT2D eigenvalue weighted by Gasteiger charge is -2.38. The van der Waals surface area contributed by atoms with Crippen molar-refractivity contribution in [1.29, 1.82) is 0 Å². The quantitative estimate of drug-likeness (QED) is 0.568. The van der Waals surface area contributed by atoms with Crippen LogP contribution in [0.4, 0.5) is 5.69 Å². The predicted octanol–water partition coefficient (Wildman–Crippen LogP) is 2.24. The van der Waals surface area contributed by atoms with Crippen LogP contribution in [0, 0.1) is 5.41 Å². The van der Waals surface area contributed by atoms with Crippen LogP contribution >= 0.6 is 0 Å². The van der Waals surface area contributed by atoms with Crippen LogP contribution < -0.4 is 10.2 Å². The molecule has 1 aliphatic rings. The maximum absolute atomic E-state index is 11.5. The number of rotatable bonds is 7. The van der Waals surface area contributed by atoms with Crippen molar-refractivity contribution in [2.45, 2.75) is 27.2 Å². The summed E-state index contributed by atoms with van der Waals surface area (Å²) in [6.07, 6.45) is 1.92. The molecule has 1 aromatic carbocycles. The molecule has 0 bridgehead atoms. The van der Waals surface area contributed by atoms with Crippen LogP contribution in [-0.4, -0.2) is 70.6 Å². The second kappa shape index (κ2) is 9.44. The van der Waals surface area contributed by atoms with Crippen molar-refractivity contribution in [3.63, 3.8) is 0 Å². The number of nitrogens with one attached hydrogen (secondary N) is 1. The summed E-state index contributed by atoms with van der Waals surface area (Å²) in [4.78, 5) is 9.53. The number of aliphatic imine (C=N–C) groups is 1. The highest BCUT2D eigenvalue weighted by atomic mass is 32.2. The van der Waals surface area contributed by atoms with Crippen molar-refractivity contribution in [2.75, 3.05) is 56.2 Å². The Morgan fingerprint density at radius 2 is 1.78 bits per heavy atom. The van der Waals surface area contributed by atoms with Crippen molar-refractivity contribution in [2.24, 2.45) is 10.4 Å². The SMILES string of the molecule is CCNC(=NCC(C)(C)CCS(C)(=O)=O)N1CCN(c2ccccc2)CC1. The summed E-state index contributed by atoms with van der Waals surface area (Å²) in [5.74, 6) is 1.14. The number of sulfone groups is 1. The van der Waals surface area contributed by atoms with E-state index in [-0.39, 0.29) is 11.2 Å². The Labute approximate surface area is 164 Å². The molecule has 1 fully saturated rings. The number of guanidine groups is 1. The second-order valence-electron chi connectivity index (χ2n) is 8.02. The fraction of sp³-hybridized carbons (Fsp3) is 0.650. The van der Waals surface area contributed by atoms with Crippen LogP contribution in [0.1, 0.15) is 27.2 Å². The zero-order chi connectivity index (χ0) is 19.9. The third-order valence-electron chi connectivity index (χ3n) is 4.84. The lowest BCUT2D eigenvalue weighted by molar-refractivity contribution is 0.348. The fourth-order valence-electron chi connectivity index (χ4n) is 3.07. The van der Waals surface area contributed by atoms with Gasteiger partial charge in [-0.2, -0.15) is 0 Å². The number of piperazine rings is 1. The van der Waals surface area contributed by atoms with E-state index in [1.165, 1.54) is 11.9 Å². The lowest BCUT2D eigenvalue weighted by Crippen LogP contribution is -2.52. The monoisotopic (exact) mass is 394 g/mol. The van der Waals surface area contributed by atoms with Crippen molar-refractivity contribution in [1.82, 2.24) is 10.2 Å². The van der Waals surface area contributed by atoms with E-state index in [4.69, 9.17) is 4.99 Å². The minimum Gasteiger partial charge on any atom is -0.368 e. The van der Waals surface area contributed by atoms with Gasteiger partial charge >= 0.3 is 0 Å². The summed E-state index contributed by atoms with van der Waals surface area (Å²) in [6.45, 7) is 11.4. The first kappa shape index (κ1) is 21.5. The molecule has 152 valence electrons. The van der Waals surface area contributed by atoms with E-state index >= 15 is 0 Å². The molecule has 27 heavy (non-hydrogen) atoms. The Hall–Kier alpha value is -1.76. The average Bonchev–Trinajstić information content (AvgIpc) is 2.64. The third kappa shape index (κ3) is 7.40. The number of benzene rings is 1. The predicted molar refractivity (Wildman–Crippen MR) is 114 cm³/mol. The van der Waals surface area contributed by atoms with Gasteiger partial charge in [0.15, 0.2) is 5.96 Å². The number of anilines is 1. The minimum atomic E-state index is -2.94. The molecule has 1 aromatic rings. The highest BCUT2D eigenvalue weighted by Gasteiger charge is 2.23. The van der Waals surface area contributed by atoms with Crippen LogP contribution in [0.15, 0.2) is 35.3 Å². The molecule has 1 saturated heterocycles. The molecule has 7 heteroatoms. The summed E-state index contributed by atoms with van der Waals surface area (Å²) in [5.41, 5.74) is 1.12. The fourth-order valence-corrected chi connectivity index (χ4v) is 3.99. The minimum absolute atomic E-state index is 0.143. The number of hydrogen-bond donors (Lipinski definition) is 1. The van der Waals surface area contributed by atoms with Gasteiger partial charge in [0.2, 0.25) is 0 Å². The van der Waals surface area contributed by atoms with Gasteiger partial charge in [-0.05, 0) is 30.9 Å². The summed E-state index contributed by atoms with van der Waals surface area (Å²) in [6, 6.07) is 10.5. The summed E-state index contributed by atoms with van der Waals surface area (Å²) in [7, 11) is -2.94. The molecule has 0 radical (unpaired) electrons. The Balaban J connectivity index is 1.95. The largest absolute Gasteiger partial charge is 0.368 e. The molecule has 1 heterocycles. The van der Waals surface area contributed by atoms with Gasteiger partial charge in [-0.25, -0.2) is 8.42 Å². The summed E-state index contributed by atoms with van der Waals surface area (Å²) < 4.78 is 22.9. The maximum atomic E-state index is 11.5. The Morgan fingerprint density at radius 1 is 1.15 bits per heavy atom. The van der Waals surface area contributed by atoms with Gasteiger partial charge in [0.1, 0.15) is 9.84 Å². The highest BCUT2D eigenvalue weighted by Crippen LogP contribution is 2.22. The molecule has 0 spiro atoms. The van der Waals surface area contributed by atoms with Crippen molar-refractivity contribution in [3.8, 4) is 0 Å². The molecule has 0 amide bonds. The highest BCUT2D eigenvalue weighted by molar-refractivity contribution is 7.90. The third-order valence-corrected chi connectivity index (χ3v) is 5.79. The zero-order valence-corrected chi connectivity index (χ0v) is 17.9. The number of nitrogens with zero attached hydrogens (tertiary/aromatic N) is 3. The summed E-state index contributed by atoms with van der Waals surface area (Å²) >= 11 is 0. The van der Waals surface area contributed by atoms with Gasteiger partial charge in [0.25, 0.3) is 0 Å². The van der Waals surface area contributed by atoms with Crippen LogP contribution in [0.5, 0.6) is 0 Å². The van der Waals surface area contributed by atoms with E-state index in [0.29, 0.717) is 13.0 Å². The standard InChI is InChI=1S/C20H34N4O2S/c1-5-21-19(22-17-20(2,3)11-16-27(4,25)26)24-14-12-23(13-15-24)18-9-7-6-8-10-18/h6-10H,5,11-17H2,1-4H3,(H,21,22). The van der Waals surface area contributed by atoms with Crippen molar-refractivity contribution < 1.29 is 8.42 Å². The van der Waals surface area contributed by atoms with E-state index < -0.39 is 9.84 Å². The van der Waals surface area contributed by atoms with Gasteiger partial charge in [-0.15, -0.1) is 0 Å². The van der Waals surface area contributed by atoms with E-state index in [0.717, 1.165) is 38.7 Å². The van der Waals surface area contributed by atoms with Crippen LogP contribution in [0.2, 0.25) is 0 Å². The first-order valence-electron chi connectivity index (χ1n) is 9.71. The molecular formula is C20H34N4O2S. The van der Waals surface area contributed by atoms with Crippen molar-refractivity contribution in [3.05, 3.63) is 30.3 Å². The average molecular weight is 395 g/mol. The van der Waals surface area contributed by atoms with Crippen LogP contribution in [0.3, 0.4) is 0 Å². The Morgan fingerprint density at radius 3 is 2.33 bits per heavy atom. The van der Waals surface area contributed by atoms with E-state index in [9.17, 15) is 8.42 Å². The molecule has 0 aliphatic carbocycles. The van der Waals surface area contributed by atoms with Gasteiger partial charge in [0, 0.05) is 51.2 Å². The molecule has 6 nitrogen and oxygen atoms in total. The molecule has 1 aliphatic heterocycles. The molecule has 2 rings (SSSR count). The van der Waals surface area contributed by atoms with Gasteiger partial charge < -0.3 is 15.1 Å². The number of para-hydroxylation sites is 1. The maximum Gasteiger partial charge on any atom is 0.194 e. The molecule has 0 atom stereocenters. The van der Waals surface area contributed by atoms with E-state index in [2.05, 4.69) is 60.2 Å². The zero-order valence-electron chi connectivity index (χ0n) is 17.1. The Bertz CT molecular complexity index is 709.